The molecule has 0 aromatic rings. The zero-order valence-corrected chi connectivity index (χ0v) is 11.3. The van der Waals surface area contributed by atoms with Crippen molar-refractivity contribution in [3.63, 3.8) is 0 Å². The van der Waals surface area contributed by atoms with Crippen molar-refractivity contribution < 1.29 is 19.6 Å². The summed E-state index contributed by atoms with van der Waals surface area (Å²) in [6.45, 7) is 3.07. The number of nitro groups is 1. The van der Waals surface area contributed by atoms with Crippen molar-refractivity contribution in [2.75, 3.05) is 6.54 Å². The Balaban J connectivity index is 2.22. The highest BCUT2D eigenvalue weighted by molar-refractivity contribution is 8.01. The van der Waals surface area contributed by atoms with Gasteiger partial charge in [0.1, 0.15) is 17.0 Å². The Labute approximate surface area is 113 Å². The number of hydrogen-bond donors (Lipinski definition) is 2. The topological polar surface area (TPSA) is 127 Å². The number of carboxylic acids is 1. The minimum Gasteiger partial charge on any atom is -0.480 e. The van der Waals surface area contributed by atoms with Crippen LogP contribution in [0.15, 0.2) is 0 Å². The van der Waals surface area contributed by atoms with E-state index < -0.39 is 45.0 Å². The Kier molecular flexibility index (Phi) is 3.01. The number of carboxylic acid groups (broad SMARTS) is 1. The quantitative estimate of drug-likeness (QED) is 0.405. The van der Waals surface area contributed by atoms with Gasteiger partial charge in [-0.05, 0) is 13.8 Å². The summed E-state index contributed by atoms with van der Waals surface area (Å²) in [6, 6.07) is -0.942. The Morgan fingerprint density at radius 3 is 2.68 bits per heavy atom. The molecule has 1 amide bonds. The van der Waals surface area contributed by atoms with E-state index in [1.165, 1.54) is 16.7 Å². The molecule has 0 saturated carbocycles. The minimum absolute atomic E-state index is 0.0740. The Hall–Kier alpha value is -1.35. The van der Waals surface area contributed by atoms with Gasteiger partial charge in [0, 0.05) is 16.1 Å². The third kappa shape index (κ3) is 1.88. The van der Waals surface area contributed by atoms with E-state index in [2.05, 4.69) is 0 Å². The summed E-state index contributed by atoms with van der Waals surface area (Å²) in [5.74, 6) is -1.59. The lowest BCUT2D eigenvalue weighted by atomic mass is 9.83. The van der Waals surface area contributed by atoms with Crippen molar-refractivity contribution >= 4 is 23.6 Å². The first-order valence-corrected chi connectivity index (χ1v) is 6.63. The number of aliphatic carboxylic acids is 1. The maximum absolute atomic E-state index is 12.1. The molecule has 2 rings (SSSR count). The van der Waals surface area contributed by atoms with E-state index in [0.29, 0.717) is 0 Å². The summed E-state index contributed by atoms with van der Waals surface area (Å²) in [5, 5.41) is 19.1. The van der Waals surface area contributed by atoms with Crippen LogP contribution in [0.25, 0.3) is 0 Å². The molecule has 2 aliphatic rings. The van der Waals surface area contributed by atoms with Crippen LogP contribution in [-0.4, -0.2) is 55.1 Å². The van der Waals surface area contributed by atoms with Gasteiger partial charge in [0.2, 0.25) is 12.5 Å². The van der Waals surface area contributed by atoms with Gasteiger partial charge < -0.3 is 15.7 Å². The zero-order valence-electron chi connectivity index (χ0n) is 10.5. The molecule has 0 spiro atoms. The van der Waals surface area contributed by atoms with Crippen molar-refractivity contribution in [3.05, 3.63) is 10.1 Å². The van der Waals surface area contributed by atoms with Gasteiger partial charge in [0.15, 0.2) is 0 Å². The Morgan fingerprint density at radius 1 is 1.63 bits per heavy atom. The van der Waals surface area contributed by atoms with Gasteiger partial charge in [-0.25, -0.2) is 4.79 Å². The first kappa shape index (κ1) is 14.1. The van der Waals surface area contributed by atoms with E-state index in [4.69, 9.17) is 5.73 Å². The Morgan fingerprint density at radius 2 is 2.21 bits per heavy atom. The number of rotatable bonds is 4. The van der Waals surface area contributed by atoms with Gasteiger partial charge in [0.05, 0.1) is 0 Å². The van der Waals surface area contributed by atoms with Crippen LogP contribution in [0.3, 0.4) is 0 Å². The molecular formula is C10H15N3O5S. The molecular weight excluding hydrogens is 274 g/mol. The second kappa shape index (κ2) is 4.07. The van der Waals surface area contributed by atoms with Crippen LogP contribution in [0.4, 0.5) is 0 Å². The summed E-state index contributed by atoms with van der Waals surface area (Å²) in [5.41, 5.74) is 4.63. The van der Waals surface area contributed by atoms with Crippen molar-refractivity contribution in [1.82, 2.24) is 4.90 Å². The predicted molar refractivity (Wildman–Crippen MR) is 67.1 cm³/mol. The lowest BCUT2D eigenvalue weighted by molar-refractivity contribution is -0.481. The van der Waals surface area contributed by atoms with Crippen LogP contribution < -0.4 is 5.73 Å². The second-order valence-corrected chi connectivity index (χ2v) is 7.11. The summed E-state index contributed by atoms with van der Waals surface area (Å²) < 4.78 is -0.665. The predicted octanol–water partition coefficient (Wildman–Crippen LogP) is -0.502. The molecule has 0 radical (unpaired) electrons. The first-order chi connectivity index (χ1) is 8.61. The third-order valence-electron chi connectivity index (χ3n) is 3.62. The number of carbonyl (C=O) groups excluding carboxylic acids is 1. The fourth-order valence-electron chi connectivity index (χ4n) is 2.66. The molecule has 106 valence electrons. The van der Waals surface area contributed by atoms with E-state index in [9.17, 15) is 24.8 Å². The highest BCUT2D eigenvalue weighted by Crippen LogP contribution is 2.54. The summed E-state index contributed by atoms with van der Waals surface area (Å²) >= 11 is 1.29. The largest absolute Gasteiger partial charge is 0.480 e. The fourth-order valence-corrected chi connectivity index (χ4v) is 4.34. The van der Waals surface area contributed by atoms with Crippen LogP contribution in [0.2, 0.25) is 0 Å². The van der Waals surface area contributed by atoms with E-state index in [0.717, 1.165) is 0 Å². The van der Waals surface area contributed by atoms with Gasteiger partial charge >= 0.3 is 5.97 Å². The molecule has 0 aromatic heterocycles. The summed E-state index contributed by atoms with van der Waals surface area (Å²) in [7, 11) is 0. The molecule has 9 heteroatoms. The molecule has 2 saturated heterocycles. The molecule has 2 aliphatic heterocycles. The molecule has 19 heavy (non-hydrogen) atoms. The normalized spacial score (nSPS) is 35.7. The minimum atomic E-state index is -1.32. The van der Waals surface area contributed by atoms with Crippen LogP contribution in [-0.2, 0) is 9.59 Å². The van der Waals surface area contributed by atoms with Crippen molar-refractivity contribution in [1.29, 1.82) is 0 Å². The fraction of sp³-hybridized carbons (Fsp3) is 0.800. The third-order valence-corrected chi connectivity index (χ3v) is 5.32. The number of hydrogen-bond acceptors (Lipinski definition) is 6. The monoisotopic (exact) mass is 289 g/mol. The molecule has 2 heterocycles. The van der Waals surface area contributed by atoms with Gasteiger partial charge in [-0.15, -0.1) is 11.8 Å². The molecule has 3 atom stereocenters. The number of thioether (sulfide) groups is 1. The summed E-state index contributed by atoms with van der Waals surface area (Å²) in [4.78, 5) is 34.5. The first-order valence-electron chi connectivity index (χ1n) is 5.75. The number of amides is 1. The SMILES string of the molecule is CC1(C)S[C@H]2N(C(=O)C2(N)CC[N+](=O)[O-])[C@H]1C(=O)O. The number of nitrogens with zero attached hydrogens (tertiary/aromatic N) is 2. The lowest BCUT2D eigenvalue weighted by Gasteiger charge is -2.50. The van der Waals surface area contributed by atoms with Crippen molar-refractivity contribution in [3.8, 4) is 0 Å². The van der Waals surface area contributed by atoms with Gasteiger partial charge in [-0.2, -0.15) is 0 Å². The molecule has 3 N–H and O–H groups in total. The molecule has 0 aromatic carbocycles. The standard InChI is InChI=1S/C10H15N3O5S/c1-9(2)5(6(14)15)13-7(16)10(11,8(13)19-9)3-4-12(17)18/h5,8H,3-4,11H2,1-2H3,(H,14,15)/t5-,8+,10?/m0/s1. The highest BCUT2D eigenvalue weighted by Gasteiger charge is 2.70. The highest BCUT2D eigenvalue weighted by atomic mass is 32.2. The molecule has 1 unspecified atom stereocenters. The number of β-lactam (4-membered cyclic amide) rings is 1. The van der Waals surface area contributed by atoms with Crippen molar-refractivity contribution in [2.45, 2.75) is 42.0 Å². The Bertz CT molecular complexity index is 468. The van der Waals surface area contributed by atoms with Crippen LogP contribution in [0.1, 0.15) is 20.3 Å². The molecule has 0 aliphatic carbocycles. The zero-order chi connectivity index (χ0) is 14.6. The maximum Gasteiger partial charge on any atom is 0.327 e. The smallest absolute Gasteiger partial charge is 0.327 e. The molecule has 2 fully saturated rings. The second-order valence-electron chi connectivity index (χ2n) is 5.37. The van der Waals surface area contributed by atoms with Gasteiger partial charge in [-0.1, -0.05) is 0 Å². The average molecular weight is 289 g/mol. The van der Waals surface area contributed by atoms with Crippen LogP contribution >= 0.6 is 11.8 Å². The molecule has 0 bridgehead atoms. The van der Waals surface area contributed by atoms with E-state index >= 15 is 0 Å². The number of nitrogens with two attached hydrogens (primary N) is 1. The lowest BCUT2D eigenvalue weighted by Crippen LogP contribution is -2.77. The van der Waals surface area contributed by atoms with Gasteiger partial charge in [0.25, 0.3) is 0 Å². The van der Waals surface area contributed by atoms with E-state index in [1.807, 2.05) is 0 Å². The van der Waals surface area contributed by atoms with E-state index in [1.54, 1.807) is 13.8 Å². The van der Waals surface area contributed by atoms with Crippen LogP contribution in [0.5, 0.6) is 0 Å². The maximum atomic E-state index is 12.1. The molecule has 8 nitrogen and oxygen atoms in total. The number of carbonyl (C=O) groups is 2. The van der Waals surface area contributed by atoms with Crippen LogP contribution in [0, 0.1) is 10.1 Å². The van der Waals surface area contributed by atoms with Gasteiger partial charge in [-0.3, -0.25) is 14.9 Å². The van der Waals surface area contributed by atoms with Crippen molar-refractivity contribution in [2.24, 2.45) is 5.73 Å². The summed E-state index contributed by atoms with van der Waals surface area (Å²) in [6.07, 6.45) is -0.0740. The van der Waals surface area contributed by atoms with E-state index in [-0.39, 0.29) is 6.42 Å². The average Bonchev–Trinajstić information content (AvgIpc) is 2.55. The number of fused-ring (bicyclic) bond motifs is 1.